The summed E-state index contributed by atoms with van der Waals surface area (Å²) >= 11 is 12.3. The Bertz CT molecular complexity index is 1250. The van der Waals surface area contributed by atoms with Gasteiger partial charge in [0.25, 0.3) is 0 Å². The van der Waals surface area contributed by atoms with Crippen LogP contribution in [0.1, 0.15) is 22.5 Å². The summed E-state index contributed by atoms with van der Waals surface area (Å²) in [6.45, 7) is 3.68. The number of hydrazone groups is 1. The predicted molar refractivity (Wildman–Crippen MR) is 121 cm³/mol. The average Bonchev–Trinajstić information content (AvgIpc) is 3.01. The number of alkyl halides is 3. The van der Waals surface area contributed by atoms with Crippen LogP contribution in [0.4, 0.5) is 18.9 Å². The second kappa shape index (κ2) is 9.68. The number of anilines is 1. The second-order valence-corrected chi connectivity index (χ2v) is 7.83. The van der Waals surface area contributed by atoms with Gasteiger partial charge in [0.15, 0.2) is 0 Å². The lowest BCUT2D eigenvalue weighted by Crippen LogP contribution is -2.32. The molecule has 11 heteroatoms. The van der Waals surface area contributed by atoms with Crippen LogP contribution in [0.15, 0.2) is 53.6 Å². The smallest absolute Gasteiger partial charge is 0.318 e. The summed E-state index contributed by atoms with van der Waals surface area (Å²) in [5.74, 6) is -2.30. The van der Waals surface area contributed by atoms with Crippen molar-refractivity contribution in [3.63, 3.8) is 0 Å². The van der Waals surface area contributed by atoms with Crippen LogP contribution in [0.5, 0.6) is 0 Å². The molecule has 0 aliphatic rings. The zero-order valence-corrected chi connectivity index (χ0v) is 18.8. The number of aromatic nitrogens is 1. The highest BCUT2D eigenvalue weighted by atomic mass is 35.5. The number of halogens is 5. The van der Waals surface area contributed by atoms with E-state index in [9.17, 15) is 22.8 Å². The number of nitrogens with one attached hydrogen (secondary N) is 2. The monoisotopic (exact) mass is 496 g/mol. The fraction of sp³-hybridized carbons (Fsp3) is 0.136. The van der Waals surface area contributed by atoms with Gasteiger partial charge in [-0.05, 0) is 56.3 Å². The van der Waals surface area contributed by atoms with Crippen molar-refractivity contribution < 1.29 is 22.8 Å². The van der Waals surface area contributed by atoms with E-state index in [0.717, 1.165) is 29.6 Å². The summed E-state index contributed by atoms with van der Waals surface area (Å²) in [6, 6.07) is 10.8. The molecule has 0 spiro atoms. The Morgan fingerprint density at radius 1 is 1.03 bits per heavy atom. The largest absolute Gasteiger partial charge is 0.416 e. The summed E-state index contributed by atoms with van der Waals surface area (Å²) in [5.41, 5.74) is 3.90. The van der Waals surface area contributed by atoms with Crippen LogP contribution in [-0.4, -0.2) is 22.6 Å². The van der Waals surface area contributed by atoms with E-state index in [-0.39, 0.29) is 5.69 Å². The topological polar surface area (TPSA) is 75.5 Å². The summed E-state index contributed by atoms with van der Waals surface area (Å²) in [6.07, 6.45) is -3.23. The van der Waals surface area contributed by atoms with Gasteiger partial charge in [0, 0.05) is 27.7 Å². The lowest BCUT2D eigenvalue weighted by molar-refractivity contribution is -0.137. The summed E-state index contributed by atoms with van der Waals surface area (Å²) in [5, 5.41) is 6.83. The minimum atomic E-state index is -4.57. The number of hydrogen-bond donors (Lipinski definition) is 2. The Hall–Kier alpha value is -3.30. The van der Waals surface area contributed by atoms with Crippen LogP contribution in [-0.2, 0) is 15.8 Å². The first-order chi connectivity index (χ1) is 15.5. The number of carbonyl (C=O) groups excluding carboxylic acids is 2. The number of hydrogen-bond acceptors (Lipinski definition) is 3. The van der Waals surface area contributed by atoms with E-state index < -0.39 is 23.6 Å². The van der Waals surface area contributed by atoms with Crippen molar-refractivity contribution in [3.8, 4) is 5.69 Å². The van der Waals surface area contributed by atoms with Crippen LogP contribution < -0.4 is 10.7 Å². The minimum Gasteiger partial charge on any atom is -0.318 e. The molecule has 0 atom stereocenters. The summed E-state index contributed by atoms with van der Waals surface area (Å²) in [4.78, 5) is 24.0. The molecule has 2 amide bonds. The molecule has 1 heterocycles. The van der Waals surface area contributed by atoms with E-state index >= 15 is 0 Å². The number of amides is 2. The maximum absolute atomic E-state index is 12.8. The van der Waals surface area contributed by atoms with E-state index in [1.54, 1.807) is 24.3 Å². The summed E-state index contributed by atoms with van der Waals surface area (Å²) in [7, 11) is 0. The molecule has 0 saturated carbocycles. The van der Waals surface area contributed by atoms with Gasteiger partial charge in [0.1, 0.15) is 0 Å². The van der Waals surface area contributed by atoms with Gasteiger partial charge in [-0.25, -0.2) is 5.43 Å². The van der Waals surface area contributed by atoms with Crippen molar-refractivity contribution in [3.05, 3.63) is 81.1 Å². The molecule has 0 bridgehead atoms. The second-order valence-electron chi connectivity index (χ2n) is 6.99. The molecule has 0 aliphatic heterocycles. The Kier molecular flexibility index (Phi) is 7.14. The molecule has 2 aromatic carbocycles. The molecule has 0 aliphatic carbocycles. The van der Waals surface area contributed by atoms with Crippen LogP contribution in [0.25, 0.3) is 5.69 Å². The van der Waals surface area contributed by atoms with E-state index in [4.69, 9.17) is 23.2 Å². The van der Waals surface area contributed by atoms with Gasteiger partial charge in [-0.3, -0.25) is 9.59 Å². The third-order valence-corrected chi connectivity index (χ3v) is 5.18. The third-order valence-electron chi connectivity index (χ3n) is 4.64. The van der Waals surface area contributed by atoms with Gasteiger partial charge in [0.05, 0.1) is 22.5 Å². The SMILES string of the molecule is Cc1cc(C=NNC(=O)C(=O)Nc2cccc(C(F)(F)F)c2)c(C)n1-c1ccc(Cl)cc1Cl. The minimum absolute atomic E-state index is 0.169. The van der Waals surface area contributed by atoms with Crippen molar-refractivity contribution in [2.75, 3.05) is 5.32 Å². The van der Waals surface area contributed by atoms with Crippen LogP contribution in [0.3, 0.4) is 0 Å². The highest BCUT2D eigenvalue weighted by Crippen LogP contribution is 2.31. The van der Waals surface area contributed by atoms with Crippen LogP contribution in [0, 0.1) is 13.8 Å². The molecular formula is C22H17Cl2F3N4O2. The first kappa shape index (κ1) is 24.3. The van der Waals surface area contributed by atoms with Crippen molar-refractivity contribution in [1.29, 1.82) is 0 Å². The predicted octanol–water partition coefficient (Wildman–Crippen LogP) is 5.51. The Balaban J connectivity index is 1.69. The van der Waals surface area contributed by atoms with E-state index in [2.05, 4.69) is 15.8 Å². The van der Waals surface area contributed by atoms with E-state index in [1.165, 1.54) is 12.3 Å². The molecule has 3 rings (SSSR count). The quantitative estimate of drug-likeness (QED) is 0.284. The maximum atomic E-state index is 12.8. The molecule has 0 unspecified atom stereocenters. The normalized spacial score (nSPS) is 11.6. The molecule has 172 valence electrons. The highest BCUT2D eigenvalue weighted by molar-refractivity contribution is 6.39. The van der Waals surface area contributed by atoms with Gasteiger partial charge in [-0.15, -0.1) is 0 Å². The molecule has 0 fully saturated rings. The zero-order chi connectivity index (χ0) is 24.3. The van der Waals surface area contributed by atoms with Crippen LogP contribution in [0.2, 0.25) is 10.0 Å². The van der Waals surface area contributed by atoms with E-state index in [0.29, 0.717) is 21.3 Å². The summed E-state index contributed by atoms with van der Waals surface area (Å²) < 4.78 is 40.2. The molecule has 0 saturated heterocycles. The van der Waals surface area contributed by atoms with Crippen molar-refractivity contribution in [2.45, 2.75) is 20.0 Å². The molecular weight excluding hydrogens is 480 g/mol. The molecule has 33 heavy (non-hydrogen) atoms. The van der Waals surface area contributed by atoms with Crippen LogP contribution >= 0.6 is 23.2 Å². The van der Waals surface area contributed by atoms with Gasteiger partial charge < -0.3 is 9.88 Å². The van der Waals surface area contributed by atoms with Crippen molar-refractivity contribution in [2.24, 2.45) is 5.10 Å². The third kappa shape index (κ3) is 5.74. The number of nitrogens with zero attached hydrogens (tertiary/aromatic N) is 2. The highest BCUT2D eigenvalue weighted by Gasteiger charge is 2.30. The Morgan fingerprint density at radius 2 is 1.76 bits per heavy atom. The Morgan fingerprint density at radius 3 is 2.42 bits per heavy atom. The molecule has 3 aromatic rings. The fourth-order valence-corrected chi connectivity index (χ4v) is 3.62. The average molecular weight is 497 g/mol. The zero-order valence-electron chi connectivity index (χ0n) is 17.3. The first-order valence-corrected chi connectivity index (χ1v) is 10.2. The fourth-order valence-electron chi connectivity index (χ4n) is 3.12. The number of rotatable bonds is 4. The lowest BCUT2D eigenvalue weighted by Gasteiger charge is -2.11. The van der Waals surface area contributed by atoms with Gasteiger partial charge in [-0.1, -0.05) is 29.3 Å². The molecule has 1 aromatic heterocycles. The van der Waals surface area contributed by atoms with Crippen molar-refractivity contribution >= 4 is 46.9 Å². The van der Waals surface area contributed by atoms with E-state index in [1.807, 2.05) is 18.4 Å². The number of carbonyl (C=O) groups is 2. The molecule has 0 radical (unpaired) electrons. The van der Waals surface area contributed by atoms with Crippen molar-refractivity contribution in [1.82, 2.24) is 9.99 Å². The number of benzene rings is 2. The maximum Gasteiger partial charge on any atom is 0.416 e. The number of aryl methyl sites for hydroxylation is 1. The molecule has 2 N–H and O–H groups in total. The van der Waals surface area contributed by atoms with Gasteiger partial charge in [0.2, 0.25) is 0 Å². The first-order valence-electron chi connectivity index (χ1n) is 9.43. The van der Waals surface area contributed by atoms with Gasteiger partial charge >= 0.3 is 18.0 Å². The molecule has 6 nitrogen and oxygen atoms in total. The standard InChI is InChI=1S/C22H17Cl2F3N4O2/c1-12-8-14(13(2)31(12)19-7-6-16(23)10-18(19)24)11-28-30-21(33)20(32)29-17-5-3-4-15(9-17)22(25,26)27/h3-11H,1-2H3,(H,29,32)(H,30,33). The van der Waals surface area contributed by atoms with Gasteiger partial charge in [-0.2, -0.15) is 18.3 Å². The lowest BCUT2D eigenvalue weighted by atomic mass is 10.2. The Labute approximate surface area is 197 Å².